The average Bonchev–Trinajstić information content (AvgIpc) is 3.21. The van der Waals surface area contributed by atoms with Gasteiger partial charge in [-0.2, -0.15) is 0 Å². The van der Waals surface area contributed by atoms with E-state index in [9.17, 15) is 14.7 Å². The monoisotopic (exact) mass is 483 g/mol. The number of hydrogen-bond acceptors (Lipinski definition) is 4. The fraction of sp³-hybridized carbons (Fsp3) is 0.276. The smallest absolute Gasteiger partial charge is 0.339 e. The first-order valence-corrected chi connectivity index (χ1v) is 12.2. The topological polar surface area (TPSA) is 84.7 Å². The van der Waals surface area contributed by atoms with E-state index < -0.39 is 5.97 Å². The predicted molar refractivity (Wildman–Crippen MR) is 137 cm³/mol. The highest BCUT2D eigenvalue weighted by atomic mass is 16.5. The first-order chi connectivity index (χ1) is 17.5. The molecular weight excluding hydrogens is 454 g/mol. The summed E-state index contributed by atoms with van der Waals surface area (Å²) in [7, 11) is 1.43. The van der Waals surface area contributed by atoms with Gasteiger partial charge < -0.3 is 19.3 Å². The highest BCUT2D eigenvalue weighted by molar-refractivity contribution is 5.91. The van der Waals surface area contributed by atoms with Gasteiger partial charge in [-0.05, 0) is 59.4 Å². The maximum atomic E-state index is 13.3. The number of aromatic nitrogens is 2. The second-order valence-electron chi connectivity index (χ2n) is 9.14. The van der Waals surface area contributed by atoms with Gasteiger partial charge in [0.05, 0.1) is 20.1 Å². The van der Waals surface area contributed by atoms with Gasteiger partial charge in [0.15, 0.2) is 0 Å². The summed E-state index contributed by atoms with van der Waals surface area (Å²) in [5.41, 5.74) is 6.67. The van der Waals surface area contributed by atoms with Gasteiger partial charge in [-0.3, -0.25) is 4.79 Å². The van der Waals surface area contributed by atoms with Gasteiger partial charge in [0.1, 0.15) is 17.0 Å². The molecule has 1 N–H and O–H groups in total. The van der Waals surface area contributed by atoms with Gasteiger partial charge >= 0.3 is 5.97 Å². The number of carbonyl (C=O) groups is 2. The van der Waals surface area contributed by atoms with Crippen LogP contribution in [-0.2, 0) is 37.1 Å². The van der Waals surface area contributed by atoms with E-state index in [-0.39, 0.29) is 23.6 Å². The molecule has 0 aliphatic carbocycles. The molecule has 1 aliphatic heterocycles. The van der Waals surface area contributed by atoms with E-state index in [2.05, 4.69) is 41.8 Å². The van der Waals surface area contributed by atoms with Crippen LogP contribution < -0.4 is 4.74 Å². The maximum Gasteiger partial charge on any atom is 0.339 e. The Hall–Kier alpha value is -4.13. The van der Waals surface area contributed by atoms with Crippen LogP contribution in [0, 0.1) is 0 Å². The molecule has 0 spiro atoms. The molecule has 1 amide bonds. The molecule has 0 bridgehead atoms. The third-order valence-electron chi connectivity index (χ3n) is 6.96. The number of methoxy groups -OCH3 is 1. The summed E-state index contributed by atoms with van der Waals surface area (Å²) in [5.74, 6) is -0.794. The summed E-state index contributed by atoms with van der Waals surface area (Å²) < 4.78 is 7.48. The quantitative estimate of drug-likeness (QED) is 0.419. The lowest BCUT2D eigenvalue weighted by molar-refractivity contribution is -0.131. The Labute approximate surface area is 210 Å². The summed E-state index contributed by atoms with van der Waals surface area (Å²) in [5, 5.41) is 10.5. The first kappa shape index (κ1) is 23.6. The fourth-order valence-corrected chi connectivity index (χ4v) is 5.08. The first-order valence-electron chi connectivity index (χ1n) is 12.2. The third-order valence-corrected chi connectivity index (χ3v) is 6.96. The molecule has 1 aliphatic rings. The number of fused-ring (bicyclic) bond motifs is 3. The number of amides is 1. The zero-order valence-electron chi connectivity index (χ0n) is 20.5. The third kappa shape index (κ3) is 4.44. The normalized spacial score (nSPS) is 13.0. The molecule has 2 aromatic carbocycles. The highest BCUT2D eigenvalue weighted by Gasteiger charge is 2.27. The van der Waals surface area contributed by atoms with Crippen LogP contribution in [0.2, 0.25) is 0 Å². The van der Waals surface area contributed by atoms with E-state index in [1.165, 1.54) is 29.9 Å². The number of carboxylic acid groups (broad SMARTS) is 1. The number of carbonyl (C=O) groups excluding carboxylic acids is 1. The van der Waals surface area contributed by atoms with Crippen LogP contribution in [0.1, 0.15) is 45.2 Å². The molecule has 0 saturated heterocycles. The van der Waals surface area contributed by atoms with Crippen molar-refractivity contribution in [1.82, 2.24) is 14.5 Å². The maximum absolute atomic E-state index is 13.3. The lowest BCUT2D eigenvalue weighted by Gasteiger charge is -2.29. The molecule has 2 aromatic heterocycles. The molecule has 0 fully saturated rings. The van der Waals surface area contributed by atoms with Crippen LogP contribution in [-0.4, -0.2) is 45.1 Å². The van der Waals surface area contributed by atoms with Crippen molar-refractivity contribution < 1.29 is 19.4 Å². The van der Waals surface area contributed by atoms with Crippen molar-refractivity contribution >= 4 is 22.9 Å². The summed E-state index contributed by atoms with van der Waals surface area (Å²) >= 11 is 0. The lowest BCUT2D eigenvalue weighted by Crippen LogP contribution is -2.37. The zero-order valence-corrected chi connectivity index (χ0v) is 20.5. The number of aromatic carboxylic acids is 1. The molecule has 0 atom stereocenters. The number of aryl methyl sites for hydroxylation is 1. The summed E-state index contributed by atoms with van der Waals surface area (Å²) in [6.45, 7) is 4.01. The van der Waals surface area contributed by atoms with Crippen LogP contribution in [0.4, 0.5) is 0 Å². The molecule has 0 saturated carbocycles. The van der Waals surface area contributed by atoms with Gasteiger partial charge in [-0.1, -0.05) is 37.3 Å². The minimum Gasteiger partial charge on any atom is -0.496 e. The van der Waals surface area contributed by atoms with Crippen molar-refractivity contribution in [3.63, 3.8) is 0 Å². The van der Waals surface area contributed by atoms with Crippen molar-refractivity contribution in [2.45, 2.75) is 39.3 Å². The minimum atomic E-state index is -1.06. The van der Waals surface area contributed by atoms with E-state index in [0.29, 0.717) is 19.6 Å². The van der Waals surface area contributed by atoms with Gasteiger partial charge in [0.2, 0.25) is 5.91 Å². The molecule has 7 heteroatoms. The molecule has 3 heterocycles. The number of hydrogen-bond donors (Lipinski definition) is 1. The minimum absolute atomic E-state index is 0.00326. The second-order valence-corrected chi connectivity index (χ2v) is 9.14. The number of rotatable bonds is 7. The fourth-order valence-electron chi connectivity index (χ4n) is 5.08. The van der Waals surface area contributed by atoms with E-state index in [0.717, 1.165) is 35.1 Å². The number of ether oxygens (including phenoxy) is 1. The van der Waals surface area contributed by atoms with Crippen LogP contribution >= 0.6 is 0 Å². The number of pyridine rings is 1. The molecule has 4 aromatic rings. The molecule has 36 heavy (non-hydrogen) atoms. The van der Waals surface area contributed by atoms with Gasteiger partial charge in [-0.25, -0.2) is 9.78 Å². The molecule has 7 nitrogen and oxygen atoms in total. The van der Waals surface area contributed by atoms with E-state index >= 15 is 0 Å². The number of benzene rings is 2. The Morgan fingerprint density at radius 3 is 2.67 bits per heavy atom. The average molecular weight is 484 g/mol. The molecule has 0 radical (unpaired) electrons. The van der Waals surface area contributed by atoms with Crippen LogP contribution in [0.25, 0.3) is 11.0 Å². The molecule has 0 unspecified atom stereocenters. The van der Waals surface area contributed by atoms with Crippen molar-refractivity contribution in [3.05, 3.63) is 94.3 Å². The summed E-state index contributed by atoms with van der Waals surface area (Å²) in [6.07, 6.45) is 3.76. The summed E-state index contributed by atoms with van der Waals surface area (Å²) in [6, 6.07) is 17.5. The molecular formula is C29H29N3O4. The molecule has 184 valence electrons. The highest BCUT2D eigenvalue weighted by Crippen LogP contribution is 2.31. The predicted octanol–water partition coefficient (Wildman–Crippen LogP) is 4.48. The Morgan fingerprint density at radius 1 is 1.06 bits per heavy atom. The van der Waals surface area contributed by atoms with Gasteiger partial charge in [-0.15, -0.1) is 0 Å². The second kappa shape index (κ2) is 9.85. The lowest BCUT2D eigenvalue weighted by atomic mass is 10.0. The van der Waals surface area contributed by atoms with E-state index in [4.69, 9.17) is 9.72 Å². The Kier molecular flexibility index (Phi) is 6.46. The Morgan fingerprint density at radius 2 is 1.89 bits per heavy atom. The van der Waals surface area contributed by atoms with Gasteiger partial charge in [0.25, 0.3) is 0 Å². The largest absolute Gasteiger partial charge is 0.496 e. The zero-order chi connectivity index (χ0) is 25.2. The van der Waals surface area contributed by atoms with Crippen molar-refractivity contribution in [1.29, 1.82) is 0 Å². The Bertz CT molecular complexity index is 1460. The van der Waals surface area contributed by atoms with E-state index in [1.54, 1.807) is 12.1 Å². The molecule has 5 rings (SSSR count). The SMILES string of the molecule is CCc1cccc(Cn2c3c(c4cccnc42)CCN(C(=O)Cc2ccc(C(=O)O)c(OC)c2)C3)c1. The van der Waals surface area contributed by atoms with Crippen molar-refractivity contribution in [2.24, 2.45) is 0 Å². The van der Waals surface area contributed by atoms with Crippen molar-refractivity contribution in [2.75, 3.05) is 13.7 Å². The van der Waals surface area contributed by atoms with Crippen LogP contribution in [0.5, 0.6) is 5.75 Å². The number of nitrogens with zero attached hydrogens (tertiary/aromatic N) is 3. The number of carboxylic acids is 1. The summed E-state index contributed by atoms with van der Waals surface area (Å²) in [4.78, 5) is 31.3. The van der Waals surface area contributed by atoms with Crippen molar-refractivity contribution in [3.8, 4) is 5.75 Å². The van der Waals surface area contributed by atoms with Crippen LogP contribution in [0.3, 0.4) is 0 Å². The Balaban J connectivity index is 1.43. The standard InChI is InChI=1S/C29H29N3O4/c1-3-19-6-4-7-21(14-19)17-32-25-18-31(13-11-22(25)23-8-5-12-30-28(23)32)27(33)16-20-9-10-24(29(34)35)26(15-20)36-2/h4-10,12,14-15H,3,11,13,16-18H2,1-2H3,(H,34,35). The van der Waals surface area contributed by atoms with Gasteiger partial charge in [0, 0.05) is 30.4 Å². The van der Waals surface area contributed by atoms with Crippen LogP contribution in [0.15, 0.2) is 60.8 Å². The van der Waals surface area contributed by atoms with E-state index in [1.807, 2.05) is 17.2 Å².